The monoisotopic (exact) mass is 276 g/mol. The number of benzene rings is 2. The Hall–Kier alpha value is -2.74. The molecule has 2 nitrogen and oxygen atoms in total. The Balaban J connectivity index is 2.04. The Morgan fingerprint density at radius 2 is 1.71 bits per heavy atom. The van der Waals surface area contributed by atoms with Gasteiger partial charge >= 0.3 is 0 Å². The minimum atomic E-state index is 0.582. The highest BCUT2D eigenvalue weighted by Gasteiger charge is 2.03. The number of nitrogens with one attached hydrogen (secondary N) is 1. The molecule has 0 amide bonds. The third-order valence-corrected chi connectivity index (χ3v) is 3.34. The van der Waals surface area contributed by atoms with Crippen molar-refractivity contribution in [1.82, 2.24) is 5.32 Å². The van der Waals surface area contributed by atoms with E-state index in [1.807, 2.05) is 54.6 Å². The van der Waals surface area contributed by atoms with E-state index in [1.165, 1.54) is 0 Å². The van der Waals surface area contributed by atoms with Gasteiger partial charge in [0.15, 0.2) is 0 Å². The maximum atomic E-state index is 5.66. The lowest BCUT2D eigenvalue weighted by atomic mass is 10.0. The van der Waals surface area contributed by atoms with E-state index in [2.05, 4.69) is 25.1 Å². The molecule has 2 heteroatoms. The highest BCUT2D eigenvalue weighted by atomic mass is 14.9. The van der Waals surface area contributed by atoms with Crippen molar-refractivity contribution < 1.29 is 0 Å². The van der Waals surface area contributed by atoms with Gasteiger partial charge in [-0.1, -0.05) is 74.3 Å². The van der Waals surface area contributed by atoms with Gasteiger partial charge in [0.2, 0.25) is 0 Å². The van der Waals surface area contributed by atoms with Crippen molar-refractivity contribution in [1.29, 1.82) is 0 Å². The Bertz CT molecular complexity index is 666. The first kappa shape index (κ1) is 14.7. The molecule has 0 atom stereocenters. The molecule has 0 unspecified atom stereocenters. The molecule has 0 aromatic heterocycles. The van der Waals surface area contributed by atoms with Crippen LogP contribution >= 0.6 is 0 Å². The van der Waals surface area contributed by atoms with Gasteiger partial charge in [-0.3, -0.25) is 0 Å². The molecule has 2 aromatic carbocycles. The summed E-state index contributed by atoms with van der Waals surface area (Å²) >= 11 is 0. The SMILES string of the molecule is C=Cc1ccccc1C(=C)NCc1ccc(C(=C)N)cc1. The maximum absolute atomic E-state index is 5.66. The topological polar surface area (TPSA) is 38.0 Å². The molecule has 0 fully saturated rings. The number of hydrogen-bond donors (Lipinski definition) is 2. The largest absolute Gasteiger partial charge is 0.399 e. The first-order valence-electron chi connectivity index (χ1n) is 6.80. The fourth-order valence-electron chi connectivity index (χ4n) is 2.09. The predicted molar refractivity (Wildman–Crippen MR) is 92.1 cm³/mol. The molecule has 3 N–H and O–H groups in total. The van der Waals surface area contributed by atoms with Crippen LogP contribution < -0.4 is 11.1 Å². The summed E-state index contributed by atoms with van der Waals surface area (Å²) in [6.45, 7) is 12.4. The molecule has 21 heavy (non-hydrogen) atoms. The number of hydrogen-bond acceptors (Lipinski definition) is 2. The third-order valence-electron chi connectivity index (χ3n) is 3.34. The normalized spacial score (nSPS) is 9.90. The van der Waals surface area contributed by atoms with Gasteiger partial charge in [-0.15, -0.1) is 0 Å². The summed E-state index contributed by atoms with van der Waals surface area (Å²) in [6.07, 6.45) is 1.84. The Morgan fingerprint density at radius 3 is 2.33 bits per heavy atom. The summed E-state index contributed by atoms with van der Waals surface area (Å²) < 4.78 is 0. The molecular weight excluding hydrogens is 256 g/mol. The molecule has 0 bridgehead atoms. The van der Waals surface area contributed by atoms with Crippen LogP contribution in [0, 0.1) is 0 Å². The minimum absolute atomic E-state index is 0.582. The zero-order chi connectivity index (χ0) is 15.2. The average Bonchev–Trinajstić information content (AvgIpc) is 2.52. The van der Waals surface area contributed by atoms with Crippen LogP contribution in [-0.2, 0) is 6.54 Å². The van der Waals surface area contributed by atoms with Crippen molar-refractivity contribution in [2.45, 2.75) is 6.54 Å². The third kappa shape index (κ3) is 3.63. The van der Waals surface area contributed by atoms with E-state index < -0.39 is 0 Å². The first-order valence-corrected chi connectivity index (χ1v) is 6.80. The van der Waals surface area contributed by atoms with Crippen molar-refractivity contribution in [2.24, 2.45) is 5.73 Å². The van der Waals surface area contributed by atoms with Gasteiger partial charge in [0.05, 0.1) is 0 Å². The quantitative estimate of drug-likeness (QED) is 0.836. The van der Waals surface area contributed by atoms with Crippen LogP contribution in [0.5, 0.6) is 0 Å². The van der Waals surface area contributed by atoms with Crippen molar-refractivity contribution in [2.75, 3.05) is 0 Å². The maximum Gasteiger partial charge on any atom is 0.0400 e. The fourth-order valence-corrected chi connectivity index (χ4v) is 2.09. The van der Waals surface area contributed by atoms with Crippen LogP contribution in [0.2, 0.25) is 0 Å². The van der Waals surface area contributed by atoms with Gasteiger partial charge in [-0.05, 0) is 16.7 Å². The Labute approximate surface area is 126 Å². The van der Waals surface area contributed by atoms with Crippen LogP contribution in [0.15, 0.2) is 68.3 Å². The lowest BCUT2D eigenvalue weighted by Crippen LogP contribution is -2.11. The molecule has 0 spiro atoms. The van der Waals surface area contributed by atoms with E-state index >= 15 is 0 Å². The van der Waals surface area contributed by atoms with Crippen LogP contribution in [0.3, 0.4) is 0 Å². The zero-order valence-corrected chi connectivity index (χ0v) is 12.1. The van der Waals surface area contributed by atoms with Gasteiger partial charge in [0.1, 0.15) is 0 Å². The number of rotatable bonds is 6. The van der Waals surface area contributed by atoms with Gasteiger partial charge in [0, 0.05) is 23.5 Å². The molecule has 0 saturated carbocycles. The minimum Gasteiger partial charge on any atom is -0.399 e. The van der Waals surface area contributed by atoms with Crippen LogP contribution in [0.4, 0.5) is 0 Å². The van der Waals surface area contributed by atoms with Crippen molar-refractivity contribution in [3.05, 3.63) is 90.5 Å². The summed E-state index contributed by atoms with van der Waals surface area (Å²) in [5, 5.41) is 3.34. The van der Waals surface area contributed by atoms with E-state index in [0.29, 0.717) is 12.2 Å². The van der Waals surface area contributed by atoms with Crippen molar-refractivity contribution >= 4 is 17.5 Å². The van der Waals surface area contributed by atoms with E-state index in [1.54, 1.807) is 0 Å². The summed E-state index contributed by atoms with van der Waals surface area (Å²) in [5.74, 6) is 0. The predicted octanol–water partition coefficient (Wildman–Crippen LogP) is 4.02. The van der Waals surface area contributed by atoms with Crippen LogP contribution in [-0.4, -0.2) is 0 Å². The highest BCUT2D eigenvalue weighted by Crippen LogP contribution is 2.17. The molecule has 0 aliphatic carbocycles. The van der Waals surface area contributed by atoms with Crippen LogP contribution in [0.1, 0.15) is 22.3 Å². The Kier molecular flexibility index (Phi) is 4.62. The molecule has 2 aromatic rings. The summed E-state index contributed by atoms with van der Waals surface area (Å²) in [5.41, 5.74) is 11.4. The molecule has 0 heterocycles. The van der Waals surface area contributed by atoms with E-state index in [-0.39, 0.29) is 0 Å². The lowest BCUT2D eigenvalue weighted by Gasteiger charge is -2.12. The molecular formula is C19H20N2. The summed E-state index contributed by atoms with van der Waals surface area (Å²) in [4.78, 5) is 0. The Morgan fingerprint density at radius 1 is 1.05 bits per heavy atom. The standard InChI is InChI=1S/C19H20N2/c1-4-17-7-5-6-8-19(17)15(3)21-13-16-9-11-18(12-10-16)14(2)20/h4-12,21H,1-3,13,20H2. The average molecular weight is 276 g/mol. The van der Waals surface area contributed by atoms with Gasteiger partial charge in [-0.2, -0.15) is 0 Å². The fraction of sp³-hybridized carbons (Fsp3) is 0.0526. The zero-order valence-electron chi connectivity index (χ0n) is 12.1. The summed E-state index contributed by atoms with van der Waals surface area (Å²) in [7, 11) is 0. The molecule has 106 valence electrons. The van der Waals surface area contributed by atoms with Gasteiger partial charge in [-0.25, -0.2) is 0 Å². The van der Waals surface area contributed by atoms with E-state index in [9.17, 15) is 0 Å². The second-order valence-electron chi connectivity index (χ2n) is 4.85. The molecule has 0 aliphatic heterocycles. The second kappa shape index (κ2) is 6.62. The molecule has 0 radical (unpaired) electrons. The smallest absolute Gasteiger partial charge is 0.0400 e. The summed E-state index contributed by atoms with van der Waals surface area (Å²) in [6, 6.07) is 16.1. The van der Waals surface area contributed by atoms with Crippen LogP contribution in [0.25, 0.3) is 17.5 Å². The first-order chi connectivity index (χ1) is 10.1. The highest BCUT2D eigenvalue weighted by molar-refractivity contribution is 5.71. The van der Waals surface area contributed by atoms with Crippen molar-refractivity contribution in [3.8, 4) is 0 Å². The van der Waals surface area contributed by atoms with Gasteiger partial charge < -0.3 is 11.1 Å². The lowest BCUT2D eigenvalue weighted by molar-refractivity contribution is 0.891. The molecule has 0 saturated heterocycles. The molecule has 2 rings (SSSR count). The molecule has 0 aliphatic rings. The van der Waals surface area contributed by atoms with Crippen molar-refractivity contribution in [3.63, 3.8) is 0 Å². The second-order valence-corrected chi connectivity index (χ2v) is 4.85. The van der Waals surface area contributed by atoms with E-state index in [0.717, 1.165) is 28.0 Å². The van der Waals surface area contributed by atoms with Gasteiger partial charge in [0.25, 0.3) is 0 Å². The van der Waals surface area contributed by atoms with E-state index in [4.69, 9.17) is 5.73 Å². The number of nitrogens with two attached hydrogens (primary N) is 1.